The van der Waals surface area contributed by atoms with Gasteiger partial charge in [-0.25, -0.2) is 14.2 Å². The minimum Gasteiger partial charge on any atom is -0.495 e. The minimum atomic E-state index is -1.40. The van der Waals surface area contributed by atoms with Crippen LogP contribution in [0.3, 0.4) is 0 Å². The van der Waals surface area contributed by atoms with E-state index in [0.29, 0.717) is 11.3 Å². The lowest BCUT2D eigenvalue weighted by Gasteiger charge is -2.25. The number of nitrogens with zero attached hydrogens (tertiary/aromatic N) is 2. The van der Waals surface area contributed by atoms with Crippen LogP contribution in [-0.2, 0) is 6.42 Å². The molecule has 0 aliphatic rings. The van der Waals surface area contributed by atoms with Crippen LogP contribution in [0.4, 0.5) is 4.39 Å². The molecule has 0 spiro atoms. The summed E-state index contributed by atoms with van der Waals surface area (Å²) in [6.45, 7) is 3.46. The summed E-state index contributed by atoms with van der Waals surface area (Å²) in [5, 5.41) is 19.4. The number of carbonyl (C=O) groups is 1. The van der Waals surface area contributed by atoms with Crippen LogP contribution >= 0.6 is 11.6 Å². The molecule has 3 aromatic rings. The summed E-state index contributed by atoms with van der Waals surface area (Å²) >= 11 is 5.86. The van der Waals surface area contributed by atoms with Crippen molar-refractivity contribution >= 4 is 28.6 Å². The molecule has 1 aromatic carbocycles. The van der Waals surface area contributed by atoms with Crippen LogP contribution < -0.4 is 10.2 Å². The first kappa shape index (κ1) is 22.7. The SMILES string of the molecule is COc1cc2c(nc1Cc1cccc(Cl)c1F)c(=O)c(C(=O)O)cn2[C@H](CO)C(C)C. The number of ether oxygens (including phenoxy) is 1. The molecule has 9 heteroatoms. The Kier molecular flexibility index (Phi) is 6.62. The number of carboxylic acid groups (broad SMARTS) is 1. The predicted octanol–water partition coefficient (Wildman–Crippen LogP) is 3.68. The van der Waals surface area contributed by atoms with Crippen molar-refractivity contribution in [3.8, 4) is 5.75 Å². The molecule has 3 rings (SSSR count). The number of carboxylic acids is 1. The van der Waals surface area contributed by atoms with Crippen LogP contribution in [0.2, 0.25) is 5.02 Å². The zero-order chi connectivity index (χ0) is 22.9. The van der Waals surface area contributed by atoms with Gasteiger partial charge in [0.05, 0.1) is 36.0 Å². The Morgan fingerprint density at radius 2 is 2.06 bits per heavy atom. The first-order chi connectivity index (χ1) is 14.7. The van der Waals surface area contributed by atoms with Crippen molar-refractivity contribution in [3.05, 3.63) is 68.3 Å². The molecule has 0 saturated heterocycles. The Hall–Kier alpha value is -2.97. The van der Waals surface area contributed by atoms with E-state index in [9.17, 15) is 24.2 Å². The molecule has 0 saturated carbocycles. The Bertz CT molecular complexity index is 1210. The Balaban J connectivity index is 2.32. The van der Waals surface area contributed by atoms with E-state index in [1.54, 1.807) is 18.2 Å². The Morgan fingerprint density at radius 1 is 1.35 bits per heavy atom. The summed E-state index contributed by atoms with van der Waals surface area (Å²) in [6.07, 6.45) is 1.20. The number of halogens is 2. The fourth-order valence-electron chi connectivity index (χ4n) is 3.50. The average Bonchev–Trinajstić information content (AvgIpc) is 2.72. The summed E-state index contributed by atoms with van der Waals surface area (Å²) in [7, 11) is 1.42. The standard InChI is InChI=1S/C22H22ClFN2O5/c1-11(2)17(10-27)26-9-13(22(29)30)21(28)20-16(26)8-18(31-3)15(25-20)7-12-5-4-6-14(23)19(12)24/h4-6,8-9,11,17,27H,7,10H2,1-3H3,(H,29,30)/t17-/m1/s1. The van der Waals surface area contributed by atoms with E-state index in [2.05, 4.69) is 4.98 Å². The number of methoxy groups -OCH3 is 1. The number of aromatic carboxylic acids is 1. The molecule has 2 aromatic heterocycles. The summed E-state index contributed by atoms with van der Waals surface area (Å²) in [4.78, 5) is 28.9. The number of aliphatic hydroxyl groups is 1. The normalized spacial score (nSPS) is 12.4. The third-order valence-corrected chi connectivity index (χ3v) is 5.49. The molecule has 164 valence electrons. The van der Waals surface area contributed by atoms with Gasteiger partial charge >= 0.3 is 5.97 Å². The van der Waals surface area contributed by atoms with Crippen molar-refractivity contribution < 1.29 is 24.1 Å². The fourth-order valence-corrected chi connectivity index (χ4v) is 3.69. The van der Waals surface area contributed by atoms with E-state index >= 15 is 0 Å². The van der Waals surface area contributed by atoms with Crippen molar-refractivity contribution in [3.63, 3.8) is 0 Å². The monoisotopic (exact) mass is 448 g/mol. The smallest absolute Gasteiger partial charge is 0.341 e. The summed E-state index contributed by atoms with van der Waals surface area (Å²) in [5.41, 5.74) is -0.513. The number of benzene rings is 1. The van der Waals surface area contributed by atoms with Crippen molar-refractivity contribution in [2.24, 2.45) is 5.92 Å². The molecule has 0 aliphatic heterocycles. The number of hydrogen-bond donors (Lipinski definition) is 2. The van der Waals surface area contributed by atoms with Crippen molar-refractivity contribution in [2.75, 3.05) is 13.7 Å². The van der Waals surface area contributed by atoms with Gasteiger partial charge in [-0.1, -0.05) is 37.6 Å². The van der Waals surface area contributed by atoms with Crippen LogP contribution in [0, 0.1) is 11.7 Å². The van der Waals surface area contributed by atoms with Gasteiger partial charge in [0.25, 0.3) is 0 Å². The van der Waals surface area contributed by atoms with E-state index in [4.69, 9.17) is 16.3 Å². The highest BCUT2D eigenvalue weighted by atomic mass is 35.5. The van der Waals surface area contributed by atoms with E-state index in [-0.39, 0.29) is 40.7 Å². The van der Waals surface area contributed by atoms with Crippen molar-refractivity contribution in [1.29, 1.82) is 0 Å². The number of pyridine rings is 2. The van der Waals surface area contributed by atoms with Crippen LogP contribution in [0.25, 0.3) is 11.0 Å². The number of hydrogen-bond acceptors (Lipinski definition) is 5. The van der Waals surface area contributed by atoms with Gasteiger partial charge in [-0.2, -0.15) is 0 Å². The predicted molar refractivity (Wildman–Crippen MR) is 115 cm³/mol. The number of fused-ring (bicyclic) bond motifs is 1. The maximum absolute atomic E-state index is 14.4. The van der Waals surface area contributed by atoms with Gasteiger partial charge in [-0.15, -0.1) is 0 Å². The lowest BCUT2D eigenvalue weighted by atomic mass is 10.0. The highest BCUT2D eigenvalue weighted by Gasteiger charge is 2.24. The number of aliphatic hydroxyl groups excluding tert-OH is 1. The van der Waals surface area contributed by atoms with Gasteiger partial charge in [-0.05, 0) is 17.5 Å². The number of rotatable bonds is 7. The molecule has 0 unspecified atom stereocenters. The lowest BCUT2D eigenvalue weighted by molar-refractivity contribution is 0.0694. The Morgan fingerprint density at radius 3 is 2.65 bits per heavy atom. The zero-order valence-electron chi connectivity index (χ0n) is 17.2. The molecule has 0 radical (unpaired) electrons. The topological polar surface area (TPSA) is 102 Å². The van der Waals surface area contributed by atoms with Crippen LogP contribution in [0.5, 0.6) is 5.75 Å². The molecule has 2 N–H and O–H groups in total. The highest BCUT2D eigenvalue weighted by Crippen LogP contribution is 2.29. The maximum atomic E-state index is 14.4. The summed E-state index contributed by atoms with van der Waals surface area (Å²) < 4.78 is 21.4. The summed E-state index contributed by atoms with van der Waals surface area (Å²) in [5.74, 6) is -1.78. The second kappa shape index (κ2) is 9.03. The van der Waals surface area contributed by atoms with Gasteiger partial charge in [0.1, 0.15) is 22.6 Å². The first-order valence-corrected chi connectivity index (χ1v) is 9.97. The van der Waals surface area contributed by atoms with Gasteiger partial charge in [0.2, 0.25) is 5.43 Å². The first-order valence-electron chi connectivity index (χ1n) is 9.59. The van der Waals surface area contributed by atoms with Crippen molar-refractivity contribution in [1.82, 2.24) is 9.55 Å². The molecule has 0 bridgehead atoms. The molecular weight excluding hydrogens is 427 g/mol. The van der Waals surface area contributed by atoms with Crippen molar-refractivity contribution in [2.45, 2.75) is 26.3 Å². The minimum absolute atomic E-state index is 0.0180. The van der Waals surface area contributed by atoms with Gasteiger partial charge < -0.3 is 19.5 Å². The van der Waals surface area contributed by atoms with Crippen LogP contribution in [0.1, 0.15) is 41.5 Å². The second-order valence-electron chi connectivity index (χ2n) is 7.47. The largest absolute Gasteiger partial charge is 0.495 e. The molecule has 0 amide bonds. The third kappa shape index (κ3) is 4.26. The zero-order valence-corrected chi connectivity index (χ0v) is 18.0. The quantitative estimate of drug-likeness (QED) is 0.571. The van der Waals surface area contributed by atoms with Gasteiger partial charge in [0.15, 0.2) is 0 Å². The Labute approximate surface area is 182 Å². The van der Waals surface area contributed by atoms with E-state index < -0.39 is 28.8 Å². The van der Waals surface area contributed by atoms with E-state index in [0.717, 1.165) is 0 Å². The molecule has 1 atom stereocenters. The highest BCUT2D eigenvalue weighted by molar-refractivity contribution is 6.30. The van der Waals surface area contributed by atoms with E-state index in [1.165, 1.54) is 23.9 Å². The van der Waals surface area contributed by atoms with Crippen LogP contribution in [-0.4, -0.2) is 39.5 Å². The van der Waals surface area contributed by atoms with E-state index in [1.807, 2.05) is 13.8 Å². The molecule has 0 aliphatic carbocycles. The molecule has 0 fully saturated rings. The molecule has 2 heterocycles. The fraction of sp³-hybridized carbons (Fsp3) is 0.318. The molecular formula is C22H22ClFN2O5. The van der Waals surface area contributed by atoms with Gasteiger partial charge in [0, 0.05) is 18.7 Å². The lowest BCUT2D eigenvalue weighted by Crippen LogP contribution is -2.26. The molecule has 31 heavy (non-hydrogen) atoms. The molecule has 7 nitrogen and oxygen atoms in total. The average molecular weight is 449 g/mol. The number of aromatic nitrogens is 2. The van der Waals surface area contributed by atoms with Gasteiger partial charge in [-0.3, -0.25) is 4.79 Å². The summed E-state index contributed by atoms with van der Waals surface area (Å²) in [6, 6.07) is 5.61. The maximum Gasteiger partial charge on any atom is 0.341 e. The van der Waals surface area contributed by atoms with Crippen LogP contribution in [0.15, 0.2) is 35.3 Å². The third-order valence-electron chi connectivity index (χ3n) is 5.20. The second-order valence-corrected chi connectivity index (χ2v) is 7.88.